The molecule has 4 heteroatoms. The van der Waals surface area contributed by atoms with Crippen molar-refractivity contribution in [1.29, 1.82) is 0 Å². The second-order valence-corrected chi connectivity index (χ2v) is 4.07. The van der Waals surface area contributed by atoms with Crippen molar-refractivity contribution < 1.29 is 9.53 Å². The Labute approximate surface area is 109 Å². The van der Waals surface area contributed by atoms with Gasteiger partial charge < -0.3 is 4.74 Å². The predicted molar refractivity (Wildman–Crippen MR) is 71.8 cm³/mol. The molecule has 18 heavy (non-hydrogen) atoms. The highest BCUT2D eigenvalue weighted by Gasteiger charge is 1.99. The number of benzene rings is 1. The number of carbonyl (C=O) groups is 1. The van der Waals surface area contributed by atoms with Crippen LogP contribution in [0.15, 0.2) is 30.3 Å². The van der Waals surface area contributed by atoms with Crippen LogP contribution in [0.1, 0.15) is 31.7 Å². The molecule has 1 rings (SSSR count). The van der Waals surface area contributed by atoms with Crippen LogP contribution in [0.25, 0.3) is 0 Å². The zero-order valence-electron chi connectivity index (χ0n) is 10.9. The summed E-state index contributed by atoms with van der Waals surface area (Å²) >= 11 is 0. The monoisotopic (exact) mass is 250 g/mol. The summed E-state index contributed by atoms with van der Waals surface area (Å²) in [6.07, 6.45) is 2.31. The smallest absolute Gasteiger partial charge is 0.234 e. The SMILES string of the molecule is CCNNC(=O)CCCCOCc1ccccc1. The fraction of sp³-hybridized carbons (Fsp3) is 0.500. The van der Waals surface area contributed by atoms with Gasteiger partial charge in [-0.15, -0.1) is 0 Å². The summed E-state index contributed by atoms with van der Waals surface area (Å²) in [5.41, 5.74) is 6.59. The standard InChI is InChI=1S/C14H22N2O2/c1-2-15-16-14(17)10-6-7-11-18-12-13-8-4-3-5-9-13/h3-5,8-9,15H,2,6-7,10-12H2,1H3,(H,16,17). The number of rotatable bonds is 9. The molecule has 0 aromatic heterocycles. The topological polar surface area (TPSA) is 50.4 Å². The molecule has 2 N–H and O–H groups in total. The van der Waals surface area contributed by atoms with Gasteiger partial charge >= 0.3 is 0 Å². The molecule has 0 bridgehead atoms. The van der Waals surface area contributed by atoms with E-state index in [9.17, 15) is 4.79 Å². The number of carbonyl (C=O) groups excluding carboxylic acids is 1. The van der Waals surface area contributed by atoms with Gasteiger partial charge in [0.25, 0.3) is 0 Å². The van der Waals surface area contributed by atoms with Crippen molar-refractivity contribution in [2.45, 2.75) is 32.8 Å². The van der Waals surface area contributed by atoms with E-state index in [-0.39, 0.29) is 5.91 Å². The molecule has 0 fully saturated rings. The molecule has 0 heterocycles. The predicted octanol–water partition coefficient (Wildman–Crippen LogP) is 2.01. The lowest BCUT2D eigenvalue weighted by atomic mass is 10.2. The van der Waals surface area contributed by atoms with Crippen LogP contribution in [-0.2, 0) is 16.1 Å². The second kappa shape index (κ2) is 9.62. The Kier molecular flexibility index (Phi) is 7.84. The van der Waals surface area contributed by atoms with Gasteiger partial charge in [-0.1, -0.05) is 37.3 Å². The highest BCUT2D eigenvalue weighted by Crippen LogP contribution is 2.02. The van der Waals surface area contributed by atoms with E-state index in [0.717, 1.165) is 19.4 Å². The van der Waals surface area contributed by atoms with E-state index in [1.165, 1.54) is 5.56 Å². The number of amides is 1. The van der Waals surface area contributed by atoms with Gasteiger partial charge in [0.05, 0.1) is 6.61 Å². The van der Waals surface area contributed by atoms with Gasteiger partial charge in [-0.05, 0) is 18.4 Å². The Hall–Kier alpha value is -1.39. The molecule has 100 valence electrons. The summed E-state index contributed by atoms with van der Waals surface area (Å²) in [4.78, 5) is 11.2. The fourth-order valence-corrected chi connectivity index (χ4v) is 1.50. The quantitative estimate of drug-likeness (QED) is 0.521. The molecule has 1 aromatic carbocycles. The maximum Gasteiger partial charge on any atom is 0.234 e. The minimum Gasteiger partial charge on any atom is -0.377 e. The molecule has 0 unspecified atom stereocenters. The number of hydrogen-bond donors (Lipinski definition) is 2. The Morgan fingerprint density at radius 2 is 2.00 bits per heavy atom. The minimum atomic E-state index is 0.0416. The number of unbranched alkanes of at least 4 members (excludes halogenated alkanes) is 1. The number of ether oxygens (including phenoxy) is 1. The maximum atomic E-state index is 11.2. The van der Waals surface area contributed by atoms with E-state index < -0.39 is 0 Å². The normalized spacial score (nSPS) is 10.3. The molecule has 0 saturated heterocycles. The van der Waals surface area contributed by atoms with Crippen molar-refractivity contribution in [3.05, 3.63) is 35.9 Å². The largest absolute Gasteiger partial charge is 0.377 e. The Balaban J connectivity index is 1.94. The minimum absolute atomic E-state index is 0.0416. The van der Waals surface area contributed by atoms with Gasteiger partial charge in [0.2, 0.25) is 5.91 Å². The molecule has 1 aromatic rings. The first kappa shape index (κ1) is 14.7. The Morgan fingerprint density at radius 1 is 1.22 bits per heavy atom. The molecule has 1 amide bonds. The summed E-state index contributed by atoms with van der Waals surface area (Å²) in [6, 6.07) is 10.1. The van der Waals surface area contributed by atoms with Crippen LogP contribution < -0.4 is 10.9 Å². The van der Waals surface area contributed by atoms with Crippen molar-refractivity contribution in [3.8, 4) is 0 Å². The van der Waals surface area contributed by atoms with Crippen molar-refractivity contribution in [2.75, 3.05) is 13.2 Å². The highest BCUT2D eigenvalue weighted by atomic mass is 16.5. The Bertz CT molecular complexity index is 328. The van der Waals surface area contributed by atoms with Crippen molar-refractivity contribution in [1.82, 2.24) is 10.9 Å². The molecule has 0 radical (unpaired) electrons. The van der Waals surface area contributed by atoms with Gasteiger partial charge in [-0.3, -0.25) is 10.2 Å². The molecular weight excluding hydrogens is 228 g/mol. The third kappa shape index (κ3) is 7.04. The third-order valence-electron chi connectivity index (χ3n) is 2.46. The van der Waals surface area contributed by atoms with Crippen molar-refractivity contribution >= 4 is 5.91 Å². The van der Waals surface area contributed by atoms with E-state index in [2.05, 4.69) is 10.9 Å². The molecule has 0 aliphatic rings. The highest BCUT2D eigenvalue weighted by molar-refractivity contribution is 5.75. The van der Waals surface area contributed by atoms with Crippen LogP contribution in [0.2, 0.25) is 0 Å². The summed E-state index contributed by atoms with van der Waals surface area (Å²) < 4.78 is 5.54. The summed E-state index contributed by atoms with van der Waals surface area (Å²) in [6.45, 7) is 4.03. The van der Waals surface area contributed by atoms with Crippen LogP contribution in [0.4, 0.5) is 0 Å². The molecule has 4 nitrogen and oxygen atoms in total. The van der Waals surface area contributed by atoms with E-state index >= 15 is 0 Å². The number of hydrazine groups is 1. The van der Waals surface area contributed by atoms with E-state index in [1.807, 2.05) is 37.3 Å². The van der Waals surface area contributed by atoms with Gasteiger partial charge in [0.1, 0.15) is 0 Å². The zero-order chi connectivity index (χ0) is 13.1. The average Bonchev–Trinajstić information content (AvgIpc) is 2.41. The van der Waals surface area contributed by atoms with Crippen molar-refractivity contribution in [3.63, 3.8) is 0 Å². The summed E-state index contributed by atoms with van der Waals surface area (Å²) in [7, 11) is 0. The van der Waals surface area contributed by atoms with Crippen molar-refractivity contribution in [2.24, 2.45) is 0 Å². The first-order chi connectivity index (χ1) is 8.83. The van der Waals surface area contributed by atoms with Crippen LogP contribution in [0, 0.1) is 0 Å². The molecule has 0 atom stereocenters. The van der Waals surface area contributed by atoms with Gasteiger partial charge in [0.15, 0.2) is 0 Å². The maximum absolute atomic E-state index is 11.2. The number of hydrogen-bond acceptors (Lipinski definition) is 3. The fourth-order valence-electron chi connectivity index (χ4n) is 1.50. The number of nitrogens with one attached hydrogen (secondary N) is 2. The first-order valence-electron chi connectivity index (χ1n) is 6.46. The lowest BCUT2D eigenvalue weighted by Crippen LogP contribution is -2.36. The van der Waals surface area contributed by atoms with E-state index in [1.54, 1.807) is 0 Å². The second-order valence-electron chi connectivity index (χ2n) is 4.07. The van der Waals surface area contributed by atoms with Gasteiger partial charge in [0, 0.05) is 19.6 Å². The zero-order valence-corrected chi connectivity index (χ0v) is 10.9. The van der Waals surface area contributed by atoms with Crippen LogP contribution in [-0.4, -0.2) is 19.1 Å². The average molecular weight is 250 g/mol. The molecule has 0 saturated carbocycles. The molecule has 0 aliphatic carbocycles. The van der Waals surface area contributed by atoms with Gasteiger partial charge in [-0.2, -0.15) is 0 Å². The molecule has 0 spiro atoms. The molecule has 0 aliphatic heterocycles. The lowest BCUT2D eigenvalue weighted by molar-refractivity contribution is -0.122. The van der Waals surface area contributed by atoms with Crippen LogP contribution in [0.5, 0.6) is 0 Å². The summed E-state index contributed by atoms with van der Waals surface area (Å²) in [5.74, 6) is 0.0416. The van der Waals surface area contributed by atoms with Crippen LogP contribution in [0.3, 0.4) is 0 Å². The molecular formula is C14H22N2O2. The van der Waals surface area contributed by atoms with Crippen LogP contribution >= 0.6 is 0 Å². The van der Waals surface area contributed by atoms with Gasteiger partial charge in [-0.25, -0.2) is 5.43 Å². The Morgan fingerprint density at radius 3 is 2.72 bits per heavy atom. The first-order valence-corrected chi connectivity index (χ1v) is 6.46. The van der Waals surface area contributed by atoms with E-state index in [4.69, 9.17) is 4.74 Å². The third-order valence-corrected chi connectivity index (χ3v) is 2.46. The summed E-state index contributed by atoms with van der Waals surface area (Å²) in [5, 5.41) is 0. The van der Waals surface area contributed by atoms with E-state index in [0.29, 0.717) is 19.6 Å². The lowest BCUT2D eigenvalue weighted by Gasteiger charge is -2.05.